The first-order valence-corrected chi connectivity index (χ1v) is 7.12. The molecule has 6 nitrogen and oxygen atoms in total. The lowest BCUT2D eigenvalue weighted by Crippen LogP contribution is -2.22. The van der Waals surface area contributed by atoms with E-state index in [1.54, 1.807) is 12.4 Å². The van der Waals surface area contributed by atoms with Gasteiger partial charge in [0.15, 0.2) is 0 Å². The molecule has 0 atom stereocenters. The van der Waals surface area contributed by atoms with Crippen molar-refractivity contribution in [2.45, 2.75) is 47.0 Å². The van der Waals surface area contributed by atoms with Crippen LogP contribution in [0.4, 0.5) is 0 Å². The molecule has 0 saturated heterocycles. The van der Waals surface area contributed by atoms with Crippen LogP contribution in [0.1, 0.15) is 52.9 Å². The van der Waals surface area contributed by atoms with Crippen molar-refractivity contribution >= 4 is 11.8 Å². The van der Waals surface area contributed by atoms with Crippen molar-refractivity contribution in [1.82, 2.24) is 19.1 Å². The zero-order valence-corrected chi connectivity index (χ0v) is 12.9. The summed E-state index contributed by atoms with van der Waals surface area (Å²) in [4.78, 5) is 33.2. The maximum atomic E-state index is 12.3. The van der Waals surface area contributed by atoms with Gasteiger partial charge in [-0.1, -0.05) is 13.8 Å². The fourth-order valence-electron chi connectivity index (χ4n) is 2.33. The van der Waals surface area contributed by atoms with Crippen LogP contribution in [0, 0.1) is 13.8 Å². The van der Waals surface area contributed by atoms with E-state index in [0.717, 1.165) is 11.4 Å². The highest BCUT2D eigenvalue weighted by Crippen LogP contribution is 2.08. The Hall–Kier alpha value is -2.24. The number of hydrogen-bond donors (Lipinski definition) is 0. The minimum Gasteiger partial charge on any atom is -0.274 e. The van der Waals surface area contributed by atoms with Gasteiger partial charge in [0, 0.05) is 25.2 Å². The Labute approximate surface area is 123 Å². The van der Waals surface area contributed by atoms with Crippen LogP contribution in [0.2, 0.25) is 0 Å². The third-order valence-electron chi connectivity index (χ3n) is 3.27. The zero-order valence-electron chi connectivity index (χ0n) is 12.9. The Kier molecular flexibility index (Phi) is 4.35. The summed E-state index contributed by atoms with van der Waals surface area (Å²) in [6, 6.07) is 0. The van der Waals surface area contributed by atoms with Crippen molar-refractivity contribution in [1.29, 1.82) is 0 Å². The molecule has 112 valence electrons. The average molecular weight is 288 g/mol. The fourth-order valence-corrected chi connectivity index (χ4v) is 2.33. The summed E-state index contributed by atoms with van der Waals surface area (Å²) >= 11 is 0. The first kappa shape index (κ1) is 15.2. The maximum Gasteiger partial charge on any atom is 0.241 e. The summed E-state index contributed by atoms with van der Waals surface area (Å²) in [7, 11) is 0. The van der Waals surface area contributed by atoms with E-state index in [1.165, 1.54) is 9.13 Å². The van der Waals surface area contributed by atoms with E-state index >= 15 is 0 Å². The quantitative estimate of drug-likeness (QED) is 0.809. The molecule has 2 rings (SSSR count). The van der Waals surface area contributed by atoms with E-state index in [9.17, 15) is 9.59 Å². The van der Waals surface area contributed by atoms with Gasteiger partial charge in [0.1, 0.15) is 18.1 Å². The molecule has 0 N–H and O–H groups in total. The first-order valence-electron chi connectivity index (χ1n) is 7.12. The van der Waals surface area contributed by atoms with E-state index in [0.29, 0.717) is 24.5 Å². The predicted molar refractivity (Wildman–Crippen MR) is 78.6 cm³/mol. The van der Waals surface area contributed by atoms with Crippen LogP contribution in [0.5, 0.6) is 0 Å². The van der Waals surface area contributed by atoms with Crippen LogP contribution in [-0.4, -0.2) is 30.9 Å². The van der Waals surface area contributed by atoms with Crippen LogP contribution in [0.25, 0.3) is 0 Å². The molecule has 0 aromatic carbocycles. The predicted octanol–water partition coefficient (Wildman–Crippen LogP) is 2.19. The third kappa shape index (κ3) is 3.09. The summed E-state index contributed by atoms with van der Waals surface area (Å²) in [6.07, 6.45) is 4.46. The van der Waals surface area contributed by atoms with Crippen LogP contribution in [0.15, 0.2) is 12.4 Å². The van der Waals surface area contributed by atoms with Gasteiger partial charge in [-0.15, -0.1) is 0 Å². The standard InChI is InChI=1S/C15H20N4O2/c1-5-12-16-10(3)8-18(12)14(20)7-15(21)19-9-11(4)17-13(19)6-2/h8-9H,5-7H2,1-4H3. The van der Waals surface area contributed by atoms with Gasteiger partial charge in [0.2, 0.25) is 11.8 Å². The van der Waals surface area contributed by atoms with Crippen LogP contribution in [-0.2, 0) is 12.8 Å². The highest BCUT2D eigenvalue weighted by Gasteiger charge is 2.18. The minimum absolute atomic E-state index is 0.189. The lowest BCUT2D eigenvalue weighted by atomic mass is 10.3. The second-order valence-electron chi connectivity index (χ2n) is 5.01. The molecular formula is C15H20N4O2. The number of aryl methyl sites for hydroxylation is 4. The molecule has 0 aliphatic carbocycles. The molecule has 0 bridgehead atoms. The van der Waals surface area contributed by atoms with E-state index in [4.69, 9.17) is 0 Å². The summed E-state index contributed by atoms with van der Waals surface area (Å²) < 4.78 is 2.95. The Morgan fingerprint density at radius 1 is 0.905 bits per heavy atom. The molecule has 2 heterocycles. The van der Waals surface area contributed by atoms with E-state index in [-0.39, 0.29) is 18.2 Å². The molecule has 0 amide bonds. The topological polar surface area (TPSA) is 69.8 Å². The van der Waals surface area contributed by atoms with Crippen molar-refractivity contribution in [2.24, 2.45) is 0 Å². The summed E-state index contributed by atoms with van der Waals surface area (Å²) in [5, 5.41) is 0. The molecule has 0 aliphatic heterocycles. The normalized spacial score (nSPS) is 10.9. The van der Waals surface area contributed by atoms with Crippen molar-refractivity contribution in [3.63, 3.8) is 0 Å². The minimum atomic E-state index is -0.258. The lowest BCUT2D eigenvalue weighted by molar-refractivity contribution is 0.0799. The molecule has 0 fully saturated rings. The van der Waals surface area contributed by atoms with E-state index in [2.05, 4.69) is 9.97 Å². The second kappa shape index (κ2) is 6.03. The van der Waals surface area contributed by atoms with Gasteiger partial charge in [0.25, 0.3) is 0 Å². The molecule has 2 aromatic rings. The second-order valence-corrected chi connectivity index (χ2v) is 5.01. The maximum absolute atomic E-state index is 12.3. The van der Waals surface area contributed by atoms with Gasteiger partial charge in [-0.3, -0.25) is 18.7 Å². The van der Waals surface area contributed by atoms with Crippen LogP contribution >= 0.6 is 0 Å². The summed E-state index contributed by atoms with van der Waals surface area (Å²) in [5.74, 6) is 0.849. The molecule has 0 radical (unpaired) electrons. The third-order valence-corrected chi connectivity index (χ3v) is 3.27. The van der Waals surface area contributed by atoms with Gasteiger partial charge in [-0.2, -0.15) is 0 Å². The lowest BCUT2D eigenvalue weighted by Gasteiger charge is -2.06. The highest BCUT2D eigenvalue weighted by molar-refractivity contribution is 5.99. The number of rotatable bonds is 4. The Morgan fingerprint density at radius 2 is 1.29 bits per heavy atom. The Bertz CT molecular complexity index is 624. The van der Waals surface area contributed by atoms with Gasteiger partial charge < -0.3 is 0 Å². The number of imidazole rings is 2. The van der Waals surface area contributed by atoms with Crippen molar-refractivity contribution in [3.05, 3.63) is 35.4 Å². The molecular weight excluding hydrogens is 268 g/mol. The van der Waals surface area contributed by atoms with E-state index in [1.807, 2.05) is 27.7 Å². The fraction of sp³-hybridized carbons (Fsp3) is 0.467. The average Bonchev–Trinajstić information content (AvgIpc) is 3.01. The number of nitrogens with zero attached hydrogens (tertiary/aromatic N) is 4. The number of hydrogen-bond acceptors (Lipinski definition) is 4. The monoisotopic (exact) mass is 288 g/mol. The molecule has 0 saturated carbocycles. The summed E-state index contributed by atoms with van der Waals surface area (Å²) in [5.41, 5.74) is 1.56. The van der Waals surface area contributed by atoms with Gasteiger partial charge in [-0.05, 0) is 13.8 Å². The van der Waals surface area contributed by atoms with Crippen molar-refractivity contribution in [3.8, 4) is 0 Å². The SMILES string of the molecule is CCc1nc(C)cn1C(=O)CC(=O)n1cc(C)nc1CC. The van der Waals surface area contributed by atoms with Crippen LogP contribution < -0.4 is 0 Å². The van der Waals surface area contributed by atoms with E-state index < -0.39 is 0 Å². The first-order chi connectivity index (χ1) is 9.96. The smallest absolute Gasteiger partial charge is 0.241 e. The Balaban J connectivity index is 2.20. The molecule has 0 aliphatic rings. The molecule has 2 aromatic heterocycles. The van der Waals surface area contributed by atoms with Gasteiger partial charge in [0.05, 0.1) is 11.4 Å². The van der Waals surface area contributed by atoms with Crippen LogP contribution in [0.3, 0.4) is 0 Å². The Morgan fingerprint density at radius 3 is 1.62 bits per heavy atom. The molecule has 0 spiro atoms. The summed E-state index contributed by atoms with van der Waals surface area (Å²) in [6.45, 7) is 7.53. The molecule has 0 unspecified atom stereocenters. The largest absolute Gasteiger partial charge is 0.274 e. The number of carbonyl (C=O) groups excluding carboxylic acids is 2. The number of carbonyl (C=O) groups is 2. The molecule has 6 heteroatoms. The van der Waals surface area contributed by atoms with Gasteiger partial charge >= 0.3 is 0 Å². The van der Waals surface area contributed by atoms with Crippen molar-refractivity contribution < 1.29 is 9.59 Å². The van der Waals surface area contributed by atoms with Crippen molar-refractivity contribution in [2.75, 3.05) is 0 Å². The number of aromatic nitrogens is 4. The van der Waals surface area contributed by atoms with Gasteiger partial charge in [-0.25, -0.2) is 9.97 Å². The molecule has 21 heavy (non-hydrogen) atoms. The zero-order chi connectivity index (χ0) is 15.6. The highest BCUT2D eigenvalue weighted by atomic mass is 16.2.